The van der Waals surface area contributed by atoms with Gasteiger partial charge in [-0.25, -0.2) is 14.2 Å². The summed E-state index contributed by atoms with van der Waals surface area (Å²) >= 11 is 0. The van der Waals surface area contributed by atoms with Crippen LogP contribution in [-0.2, 0) is 34.8 Å². The lowest BCUT2D eigenvalue weighted by atomic mass is 9.86. The number of carbonyl (C=O) groups excluding carboxylic acids is 2. The number of carbonyl (C=O) groups is 2. The van der Waals surface area contributed by atoms with Crippen LogP contribution in [0.5, 0.6) is 5.75 Å². The van der Waals surface area contributed by atoms with Crippen LogP contribution in [0.15, 0.2) is 53.3 Å². The second-order valence-corrected chi connectivity index (χ2v) is 13.5. The molecule has 1 fully saturated rings. The number of benzene rings is 2. The molecule has 1 saturated heterocycles. The Morgan fingerprint density at radius 2 is 1.78 bits per heavy atom. The van der Waals surface area contributed by atoms with Gasteiger partial charge in [-0.1, -0.05) is 31.9 Å². The first-order valence-electron chi connectivity index (χ1n) is 17.5. The number of aromatic hydroxyl groups is 1. The van der Waals surface area contributed by atoms with Gasteiger partial charge in [0.15, 0.2) is 5.60 Å². The molecule has 1 atom stereocenters. The van der Waals surface area contributed by atoms with E-state index in [1.807, 2.05) is 6.07 Å². The number of unbranched alkanes of at least 4 members (excludes halogenated alkanes) is 3. The largest absolute Gasteiger partial charge is 0.508 e. The van der Waals surface area contributed by atoms with Crippen molar-refractivity contribution in [3.8, 4) is 17.1 Å². The zero-order chi connectivity index (χ0) is 35.0. The van der Waals surface area contributed by atoms with Gasteiger partial charge in [-0.15, -0.1) is 0 Å². The molecule has 12 heteroatoms. The van der Waals surface area contributed by atoms with Crippen molar-refractivity contribution in [3.05, 3.63) is 92.5 Å². The van der Waals surface area contributed by atoms with E-state index in [2.05, 4.69) is 15.1 Å². The van der Waals surface area contributed by atoms with Crippen molar-refractivity contribution in [3.63, 3.8) is 0 Å². The Morgan fingerprint density at radius 3 is 2.56 bits per heavy atom. The zero-order valence-electron chi connectivity index (χ0n) is 28.2. The molecule has 4 aromatic rings. The van der Waals surface area contributed by atoms with Gasteiger partial charge in [0.05, 0.1) is 34.6 Å². The number of amides is 1. The number of ether oxygens (including phenoxy) is 1. The van der Waals surface area contributed by atoms with Crippen LogP contribution in [0, 0.1) is 5.82 Å². The van der Waals surface area contributed by atoms with Crippen LogP contribution in [0.1, 0.15) is 71.6 Å². The molecule has 0 saturated carbocycles. The molecule has 0 aliphatic carbocycles. The van der Waals surface area contributed by atoms with E-state index >= 15 is 0 Å². The summed E-state index contributed by atoms with van der Waals surface area (Å²) < 4.78 is 20.6. The van der Waals surface area contributed by atoms with Crippen molar-refractivity contribution in [1.29, 1.82) is 0 Å². The topological polar surface area (TPSA) is 137 Å². The number of phenols is 1. The third-order valence-electron chi connectivity index (χ3n) is 10.4. The molecule has 1 unspecified atom stereocenters. The molecule has 0 radical (unpaired) electrons. The summed E-state index contributed by atoms with van der Waals surface area (Å²) in [6, 6.07) is 13.2. The summed E-state index contributed by atoms with van der Waals surface area (Å²) in [7, 11) is 0. The predicted molar refractivity (Wildman–Crippen MR) is 185 cm³/mol. The number of rotatable bonds is 11. The SMILES string of the molecule is CCC1(O)C(=O)OCc2c1cc1n(c2=O)Cc2cc3c(CN4CCN(CCCCCCNC(=O)c5ccccc5F)CC4)c(O)ccc3nc2-1. The number of halogens is 1. The summed E-state index contributed by atoms with van der Waals surface area (Å²) in [5, 5.41) is 25.8. The van der Waals surface area contributed by atoms with Gasteiger partial charge >= 0.3 is 5.97 Å². The second kappa shape index (κ2) is 13.9. The predicted octanol–water partition coefficient (Wildman–Crippen LogP) is 4.03. The molecule has 0 spiro atoms. The summed E-state index contributed by atoms with van der Waals surface area (Å²) in [6.45, 7) is 7.49. The highest BCUT2D eigenvalue weighted by atomic mass is 19.1. The van der Waals surface area contributed by atoms with Gasteiger partial charge in [0.1, 0.15) is 18.2 Å². The molecule has 3 N–H and O–H groups in total. The molecular formula is C38H42FN5O6. The quantitative estimate of drug-likeness (QED) is 0.139. The standard InChI is InChI=1S/C38H42FN5O6/c1-2-38(49)29-20-32-34-24(21-44(32)36(47)28(29)23-50-37(38)48)19-26-27(33(45)12-11-31(26)41-34)22-43-17-15-42(16-18-43)14-8-4-3-7-13-40-35(46)25-9-5-6-10-30(25)39/h5-6,9-12,19-20,45,49H,2-4,7-8,13-18,21-23H2,1H3,(H,40,46). The Morgan fingerprint density at radius 1 is 1.02 bits per heavy atom. The maximum atomic E-state index is 13.8. The highest BCUT2D eigenvalue weighted by Gasteiger charge is 2.45. The van der Waals surface area contributed by atoms with Crippen LogP contribution < -0.4 is 10.9 Å². The maximum Gasteiger partial charge on any atom is 0.343 e. The number of piperazine rings is 1. The molecule has 50 heavy (non-hydrogen) atoms. The lowest BCUT2D eigenvalue weighted by Crippen LogP contribution is -2.46. The van der Waals surface area contributed by atoms with Crippen molar-refractivity contribution in [2.75, 3.05) is 39.3 Å². The molecule has 1 amide bonds. The lowest BCUT2D eigenvalue weighted by molar-refractivity contribution is -0.172. The van der Waals surface area contributed by atoms with E-state index in [0.717, 1.165) is 74.9 Å². The average Bonchev–Trinajstić information content (AvgIpc) is 3.48. The highest BCUT2D eigenvalue weighted by molar-refractivity contribution is 5.94. The van der Waals surface area contributed by atoms with Crippen LogP contribution >= 0.6 is 0 Å². The molecule has 11 nitrogen and oxygen atoms in total. The van der Waals surface area contributed by atoms with Gasteiger partial charge in [-0.3, -0.25) is 14.5 Å². The number of aliphatic hydroxyl groups is 1. The Hall–Kier alpha value is -4.65. The van der Waals surface area contributed by atoms with Gasteiger partial charge in [-0.05, 0) is 62.2 Å². The summed E-state index contributed by atoms with van der Waals surface area (Å²) in [6.07, 6.45) is 4.05. The zero-order valence-corrected chi connectivity index (χ0v) is 28.2. The van der Waals surface area contributed by atoms with Crippen molar-refractivity contribution in [2.45, 2.75) is 64.3 Å². The number of phenolic OH excluding ortho intramolecular Hbond substituents is 1. The van der Waals surface area contributed by atoms with Crippen LogP contribution in [-0.4, -0.2) is 80.7 Å². The maximum absolute atomic E-state index is 13.8. The molecule has 7 rings (SSSR count). The first-order chi connectivity index (χ1) is 24.2. The van der Waals surface area contributed by atoms with E-state index in [-0.39, 0.29) is 46.9 Å². The minimum Gasteiger partial charge on any atom is -0.508 e. The molecule has 262 valence electrons. The number of hydrogen-bond acceptors (Lipinski definition) is 9. The first-order valence-corrected chi connectivity index (χ1v) is 17.5. The lowest BCUT2D eigenvalue weighted by Gasteiger charge is -2.35. The van der Waals surface area contributed by atoms with Gasteiger partial charge in [-0.2, -0.15) is 0 Å². The van der Waals surface area contributed by atoms with Crippen molar-refractivity contribution < 1.29 is 28.9 Å². The van der Waals surface area contributed by atoms with E-state index in [1.54, 1.807) is 41.8 Å². The fourth-order valence-corrected chi connectivity index (χ4v) is 7.42. The van der Waals surface area contributed by atoms with Gasteiger partial charge in [0.2, 0.25) is 0 Å². The minimum atomic E-state index is -1.88. The summed E-state index contributed by atoms with van der Waals surface area (Å²) in [5.74, 6) is -1.42. The molecule has 5 heterocycles. The van der Waals surface area contributed by atoms with E-state index in [1.165, 1.54) is 12.1 Å². The smallest absolute Gasteiger partial charge is 0.343 e. The van der Waals surface area contributed by atoms with Crippen molar-refractivity contribution in [2.24, 2.45) is 0 Å². The monoisotopic (exact) mass is 683 g/mol. The molecule has 3 aliphatic heterocycles. The highest BCUT2D eigenvalue weighted by Crippen LogP contribution is 2.40. The van der Waals surface area contributed by atoms with Crippen molar-refractivity contribution in [1.82, 2.24) is 24.7 Å². The van der Waals surface area contributed by atoms with Gasteiger partial charge in [0, 0.05) is 61.3 Å². The fraction of sp³-hybridized carbons (Fsp3) is 0.421. The Balaban J connectivity index is 0.944. The number of cyclic esters (lactones) is 1. The minimum absolute atomic E-state index is 0.0770. The van der Waals surface area contributed by atoms with Crippen LogP contribution in [0.25, 0.3) is 22.3 Å². The van der Waals surface area contributed by atoms with E-state index in [4.69, 9.17) is 9.72 Å². The number of aromatic nitrogens is 2. The number of nitrogens with zero attached hydrogens (tertiary/aromatic N) is 4. The first kappa shape index (κ1) is 33.8. The van der Waals surface area contributed by atoms with E-state index in [9.17, 15) is 29.0 Å². The molecule has 2 aromatic heterocycles. The van der Waals surface area contributed by atoms with E-state index < -0.39 is 17.4 Å². The number of hydrogen-bond donors (Lipinski definition) is 3. The number of nitrogens with one attached hydrogen (secondary N) is 1. The summed E-state index contributed by atoms with van der Waals surface area (Å²) in [5.41, 5.74) is 2.01. The van der Waals surface area contributed by atoms with Crippen LogP contribution in [0.4, 0.5) is 4.39 Å². The van der Waals surface area contributed by atoms with Crippen LogP contribution in [0.2, 0.25) is 0 Å². The number of pyridine rings is 2. The molecule has 0 bridgehead atoms. The van der Waals surface area contributed by atoms with Gasteiger partial charge in [0.25, 0.3) is 11.5 Å². The molecule has 3 aliphatic rings. The van der Waals surface area contributed by atoms with E-state index in [0.29, 0.717) is 36.5 Å². The Labute approximate surface area is 289 Å². The number of fused-ring (bicyclic) bond motifs is 5. The average molecular weight is 684 g/mol. The third-order valence-corrected chi connectivity index (χ3v) is 10.4. The summed E-state index contributed by atoms with van der Waals surface area (Å²) in [4.78, 5) is 47.9. The normalized spacial score (nSPS) is 18.8. The number of esters is 1. The third kappa shape index (κ3) is 6.27. The van der Waals surface area contributed by atoms with Gasteiger partial charge < -0.3 is 29.7 Å². The molecule has 2 aromatic carbocycles. The Kier molecular flexibility index (Phi) is 9.42. The Bertz CT molecular complexity index is 2020. The van der Waals surface area contributed by atoms with Crippen LogP contribution in [0.3, 0.4) is 0 Å². The van der Waals surface area contributed by atoms with Crippen molar-refractivity contribution >= 4 is 22.8 Å². The fourth-order valence-electron chi connectivity index (χ4n) is 7.42. The second-order valence-electron chi connectivity index (χ2n) is 13.5. The molecular weight excluding hydrogens is 641 g/mol.